The molecule has 0 spiro atoms. The van der Waals surface area contributed by atoms with Crippen molar-refractivity contribution in [1.82, 2.24) is 9.97 Å². The van der Waals surface area contributed by atoms with Crippen LogP contribution in [-0.4, -0.2) is 34.7 Å². The lowest BCUT2D eigenvalue weighted by atomic mass is 9.76. The standard InChI is InChI=1S/C16H19N3O3/c1-22-13-7-3-6-11-14(13)18-9-19-15(11)17-8-12(16(20)21)10-4-2-5-10/h3,6-7,9-10,12H,2,4-5,8H2,1H3,(H,20,21)(H,17,18,19). The first-order valence-corrected chi connectivity index (χ1v) is 7.45. The number of carboxylic acids is 1. The maximum atomic E-state index is 11.4. The van der Waals surface area contributed by atoms with E-state index in [0.717, 1.165) is 30.2 Å². The van der Waals surface area contributed by atoms with E-state index in [1.54, 1.807) is 7.11 Å². The molecular formula is C16H19N3O3. The summed E-state index contributed by atoms with van der Waals surface area (Å²) in [5.41, 5.74) is 0.720. The number of para-hydroxylation sites is 1. The van der Waals surface area contributed by atoms with Crippen LogP contribution >= 0.6 is 0 Å². The average Bonchev–Trinajstić information content (AvgIpc) is 2.48. The third-order valence-electron chi connectivity index (χ3n) is 4.37. The summed E-state index contributed by atoms with van der Waals surface area (Å²) >= 11 is 0. The third-order valence-corrected chi connectivity index (χ3v) is 4.37. The Hall–Kier alpha value is -2.37. The molecule has 1 aliphatic carbocycles. The van der Waals surface area contributed by atoms with E-state index < -0.39 is 5.97 Å². The lowest BCUT2D eigenvalue weighted by Gasteiger charge is -2.31. The van der Waals surface area contributed by atoms with Crippen LogP contribution < -0.4 is 10.1 Å². The molecule has 6 nitrogen and oxygen atoms in total. The third kappa shape index (κ3) is 2.68. The number of nitrogens with zero attached hydrogens (tertiary/aromatic N) is 2. The fourth-order valence-electron chi connectivity index (χ4n) is 2.87. The molecule has 1 heterocycles. The Balaban J connectivity index is 1.83. The van der Waals surface area contributed by atoms with E-state index in [0.29, 0.717) is 18.1 Å². The molecule has 1 aromatic heterocycles. The monoisotopic (exact) mass is 301 g/mol. The highest BCUT2D eigenvalue weighted by molar-refractivity contribution is 5.92. The summed E-state index contributed by atoms with van der Waals surface area (Å²) < 4.78 is 5.30. The van der Waals surface area contributed by atoms with Crippen molar-refractivity contribution < 1.29 is 14.6 Å². The first-order valence-electron chi connectivity index (χ1n) is 7.45. The largest absolute Gasteiger partial charge is 0.494 e. The summed E-state index contributed by atoms with van der Waals surface area (Å²) in [5, 5.41) is 13.4. The minimum atomic E-state index is -0.742. The normalized spacial score (nSPS) is 16.0. The molecule has 1 fully saturated rings. The molecule has 3 rings (SSSR count). The second-order valence-electron chi connectivity index (χ2n) is 5.60. The number of carbonyl (C=O) groups is 1. The molecule has 0 radical (unpaired) electrons. The predicted octanol–water partition coefficient (Wildman–Crippen LogP) is 2.55. The molecule has 0 aliphatic heterocycles. The number of benzene rings is 1. The molecule has 2 aromatic rings. The van der Waals surface area contributed by atoms with Gasteiger partial charge in [-0.2, -0.15) is 0 Å². The molecule has 116 valence electrons. The van der Waals surface area contributed by atoms with Gasteiger partial charge >= 0.3 is 5.97 Å². The fourth-order valence-corrected chi connectivity index (χ4v) is 2.87. The van der Waals surface area contributed by atoms with E-state index in [-0.39, 0.29) is 11.8 Å². The van der Waals surface area contributed by atoms with Gasteiger partial charge in [-0.1, -0.05) is 12.5 Å². The quantitative estimate of drug-likeness (QED) is 0.853. The highest BCUT2D eigenvalue weighted by atomic mass is 16.5. The van der Waals surface area contributed by atoms with E-state index in [1.807, 2.05) is 18.2 Å². The van der Waals surface area contributed by atoms with Crippen molar-refractivity contribution in [3.05, 3.63) is 24.5 Å². The van der Waals surface area contributed by atoms with Crippen LogP contribution in [0.15, 0.2) is 24.5 Å². The Morgan fingerprint density at radius 3 is 2.91 bits per heavy atom. The molecular weight excluding hydrogens is 282 g/mol. The highest BCUT2D eigenvalue weighted by Crippen LogP contribution is 2.34. The van der Waals surface area contributed by atoms with Crippen LogP contribution in [0.4, 0.5) is 5.82 Å². The number of ether oxygens (including phenoxy) is 1. The number of fused-ring (bicyclic) bond motifs is 1. The summed E-state index contributed by atoms with van der Waals surface area (Å²) in [5.74, 6) is 0.483. The van der Waals surface area contributed by atoms with Gasteiger partial charge < -0.3 is 15.2 Å². The number of hydrogen-bond acceptors (Lipinski definition) is 5. The number of aromatic nitrogens is 2. The second-order valence-corrected chi connectivity index (χ2v) is 5.60. The van der Waals surface area contributed by atoms with Gasteiger partial charge in [-0.3, -0.25) is 4.79 Å². The molecule has 2 N–H and O–H groups in total. The van der Waals surface area contributed by atoms with Crippen molar-refractivity contribution >= 4 is 22.7 Å². The zero-order chi connectivity index (χ0) is 15.5. The molecule has 22 heavy (non-hydrogen) atoms. The van der Waals surface area contributed by atoms with Crippen LogP contribution in [0.1, 0.15) is 19.3 Å². The van der Waals surface area contributed by atoms with Crippen molar-refractivity contribution in [2.24, 2.45) is 11.8 Å². The smallest absolute Gasteiger partial charge is 0.308 e. The SMILES string of the molecule is COc1cccc2c(NCC(C(=O)O)C3CCC3)ncnc12. The maximum absolute atomic E-state index is 11.4. The van der Waals surface area contributed by atoms with Crippen molar-refractivity contribution in [1.29, 1.82) is 0 Å². The lowest BCUT2D eigenvalue weighted by Crippen LogP contribution is -2.34. The van der Waals surface area contributed by atoms with Crippen molar-refractivity contribution in [3.63, 3.8) is 0 Å². The van der Waals surface area contributed by atoms with Gasteiger partial charge in [0.2, 0.25) is 0 Å². The zero-order valence-corrected chi connectivity index (χ0v) is 12.5. The van der Waals surface area contributed by atoms with Gasteiger partial charge in [-0.15, -0.1) is 0 Å². The molecule has 1 aromatic carbocycles. The topological polar surface area (TPSA) is 84.3 Å². The Morgan fingerprint density at radius 2 is 2.27 bits per heavy atom. The molecule has 0 saturated heterocycles. The number of aliphatic carboxylic acids is 1. The minimum absolute atomic E-state index is 0.271. The van der Waals surface area contributed by atoms with Crippen LogP contribution in [0, 0.1) is 11.8 Å². The van der Waals surface area contributed by atoms with Crippen LogP contribution in [0.5, 0.6) is 5.75 Å². The van der Waals surface area contributed by atoms with Crippen LogP contribution in [-0.2, 0) is 4.79 Å². The predicted molar refractivity (Wildman–Crippen MR) is 83.0 cm³/mol. The van der Waals surface area contributed by atoms with Gasteiger partial charge in [0, 0.05) is 11.9 Å². The van der Waals surface area contributed by atoms with Crippen molar-refractivity contribution in [2.75, 3.05) is 19.0 Å². The van der Waals surface area contributed by atoms with Gasteiger partial charge in [0.1, 0.15) is 23.4 Å². The number of hydrogen-bond donors (Lipinski definition) is 2. The van der Waals surface area contributed by atoms with Gasteiger partial charge in [-0.05, 0) is 30.9 Å². The Bertz CT molecular complexity index is 685. The van der Waals surface area contributed by atoms with E-state index in [9.17, 15) is 9.90 Å². The molecule has 6 heteroatoms. The number of rotatable bonds is 6. The van der Waals surface area contributed by atoms with Gasteiger partial charge in [0.15, 0.2) is 0 Å². The minimum Gasteiger partial charge on any atom is -0.494 e. The summed E-state index contributed by atoms with van der Waals surface area (Å²) in [4.78, 5) is 19.9. The molecule has 1 unspecified atom stereocenters. The van der Waals surface area contributed by atoms with Gasteiger partial charge in [0.05, 0.1) is 13.0 Å². The molecule has 0 amide bonds. The van der Waals surface area contributed by atoms with Crippen LogP contribution in [0.3, 0.4) is 0 Å². The average molecular weight is 301 g/mol. The Morgan fingerprint density at radius 1 is 1.45 bits per heavy atom. The number of methoxy groups -OCH3 is 1. The van der Waals surface area contributed by atoms with Crippen LogP contribution in [0.25, 0.3) is 10.9 Å². The van der Waals surface area contributed by atoms with Crippen molar-refractivity contribution in [2.45, 2.75) is 19.3 Å². The lowest BCUT2D eigenvalue weighted by molar-refractivity contribution is -0.144. The summed E-state index contributed by atoms with van der Waals surface area (Å²) in [7, 11) is 1.60. The first-order chi connectivity index (χ1) is 10.7. The number of nitrogens with one attached hydrogen (secondary N) is 1. The summed E-state index contributed by atoms with van der Waals surface area (Å²) in [6.07, 6.45) is 4.59. The van der Waals surface area contributed by atoms with E-state index >= 15 is 0 Å². The number of anilines is 1. The first kappa shape index (κ1) is 14.6. The Kier molecular flexibility index (Phi) is 4.09. The summed E-state index contributed by atoms with van der Waals surface area (Å²) in [6, 6.07) is 5.61. The van der Waals surface area contributed by atoms with E-state index in [4.69, 9.17) is 4.74 Å². The molecule has 1 aliphatic rings. The van der Waals surface area contributed by atoms with Crippen molar-refractivity contribution in [3.8, 4) is 5.75 Å². The Labute approximate surface area is 128 Å². The van der Waals surface area contributed by atoms with E-state index in [1.165, 1.54) is 6.33 Å². The van der Waals surface area contributed by atoms with Gasteiger partial charge in [-0.25, -0.2) is 9.97 Å². The zero-order valence-electron chi connectivity index (χ0n) is 12.5. The molecule has 0 bridgehead atoms. The van der Waals surface area contributed by atoms with E-state index in [2.05, 4.69) is 15.3 Å². The van der Waals surface area contributed by atoms with Gasteiger partial charge in [0.25, 0.3) is 0 Å². The second kappa shape index (κ2) is 6.17. The summed E-state index contributed by atoms with van der Waals surface area (Å²) in [6.45, 7) is 0.378. The fraction of sp³-hybridized carbons (Fsp3) is 0.438. The van der Waals surface area contributed by atoms with Crippen LogP contribution in [0.2, 0.25) is 0 Å². The molecule has 1 atom stereocenters. The maximum Gasteiger partial charge on any atom is 0.308 e. The number of carboxylic acid groups (broad SMARTS) is 1. The highest BCUT2D eigenvalue weighted by Gasteiger charge is 2.32. The molecule has 1 saturated carbocycles.